The number of anilines is 1. The van der Waals surface area contributed by atoms with Crippen LogP contribution in [0.25, 0.3) is 0 Å². The van der Waals surface area contributed by atoms with Crippen LogP contribution in [0.5, 0.6) is 0 Å². The lowest BCUT2D eigenvalue weighted by Gasteiger charge is -2.21. The summed E-state index contributed by atoms with van der Waals surface area (Å²) in [6.07, 6.45) is 0.829. The maximum absolute atomic E-state index is 12.5. The molecule has 1 heterocycles. The fraction of sp³-hybridized carbons (Fsp3) is 0.286. The van der Waals surface area contributed by atoms with Gasteiger partial charge in [0.1, 0.15) is 0 Å². The summed E-state index contributed by atoms with van der Waals surface area (Å²) >= 11 is 0. The average molecular weight is 380 g/mol. The van der Waals surface area contributed by atoms with Gasteiger partial charge >= 0.3 is 0 Å². The quantitative estimate of drug-likeness (QED) is 0.674. The zero-order valence-electron chi connectivity index (χ0n) is 15.9. The first-order valence-electron chi connectivity index (χ1n) is 9.22. The third kappa shape index (κ3) is 4.44. The topological polar surface area (TPSA) is 95.7 Å². The molecule has 0 atom stereocenters. The molecule has 0 aliphatic carbocycles. The summed E-state index contributed by atoms with van der Waals surface area (Å²) in [6.45, 7) is 2.00. The van der Waals surface area contributed by atoms with Crippen LogP contribution in [0.1, 0.15) is 26.3 Å². The summed E-state index contributed by atoms with van der Waals surface area (Å²) in [7, 11) is 1.44. The first-order valence-corrected chi connectivity index (χ1v) is 9.22. The van der Waals surface area contributed by atoms with Gasteiger partial charge < -0.3 is 11.1 Å². The average Bonchev–Trinajstić information content (AvgIpc) is 2.91. The summed E-state index contributed by atoms with van der Waals surface area (Å²) in [5, 5.41) is 2.81. The molecule has 2 aromatic rings. The van der Waals surface area contributed by atoms with Crippen molar-refractivity contribution in [3.8, 4) is 0 Å². The van der Waals surface area contributed by atoms with E-state index in [4.69, 9.17) is 5.73 Å². The molecule has 3 N–H and O–H groups in total. The number of hydrogen-bond acceptors (Lipinski definition) is 5. The smallest absolute Gasteiger partial charge is 0.261 e. The standard InChI is InChI=1S/C21H24N4O3/c1-24-20(27)17-8-7-16(13-18(17)21(24)28)23-19(26)14-25(12-10-22)11-9-15-5-3-2-4-6-15/h2-8,13H,9-12,14,22H2,1H3,(H,23,26). The van der Waals surface area contributed by atoms with E-state index < -0.39 is 0 Å². The molecule has 0 aromatic heterocycles. The van der Waals surface area contributed by atoms with Crippen LogP contribution in [0.3, 0.4) is 0 Å². The molecule has 3 rings (SSSR count). The van der Waals surface area contributed by atoms with Crippen LogP contribution in [-0.4, -0.2) is 60.7 Å². The number of carbonyl (C=O) groups is 3. The van der Waals surface area contributed by atoms with E-state index in [0.29, 0.717) is 29.9 Å². The Morgan fingerprint density at radius 1 is 1.04 bits per heavy atom. The number of fused-ring (bicyclic) bond motifs is 1. The molecule has 28 heavy (non-hydrogen) atoms. The number of carbonyl (C=O) groups excluding carboxylic acids is 3. The van der Waals surface area contributed by atoms with Crippen molar-refractivity contribution in [2.75, 3.05) is 38.5 Å². The minimum absolute atomic E-state index is 0.188. The minimum Gasteiger partial charge on any atom is -0.329 e. The number of rotatable bonds is 8. The molecule has 0 saturated heterocycles. The highest BCUT2D eigenvalue weighted by molar-refractivity contribution is 6.21. The highest BCUT2D eigenvalue weighted by Crippen LogP contribution is 2.24. The molecule has 0 spiro atoms. The SMILES string of the molecule is CN1C(=O)c2ccc(NC(=O)CN(CCN)CCc3ccccc3)cc2C1=O. The molecule has 1 aliphatic heterocycles. The molecule has 7 heteroatoms. The van der Waals surface area contributed by atoms with Crippen LogP contribution < -0.4 is 11.1 Å². The molecule has 0 bridgehead atoms. The monoisotopic (exact) mass is 380 g/mol. The predicted octanol–water partition coefficient (Wildman–Crippen LogP) is 1.35. The Bertz CT molecular complexity index is 882. The summed E-state index contributed by atoms with van der Waals surface area (Å²) in [4.78, 5) is 39.6. The molecular weight excluding hydrogens is 356 g/mol. The largest absolute Gasteiger partial charge is 0.329 e. The van der Waals surface area contributed by atoms with E-state index >= 15 is 0 Å². The van der Waals surface area contributed by atoms with Crippen molar-refractivity contribution in [3.05, 3.63) is 65.2 Å². The molecule has 0 unspecified atom stereocenters. The van der Waals surface area contributed by atoms with E-state index in [2.05, 4.69) is 17.4 Å². The van der Waals surface area contributed by atoms with Gasteiger partial charge in [-0.15, -0.1) is 0 Å². The Morgan fingerprint density at radius 3 is 2.46 bits per heavy atom. The summed E-state index contributed by atoms with van der Waals surface area (Å²) in [5.74, 6) is -0.872. The number of amides is 3. The lowest BCUT2D eigenvalue weighted by atomic mass is 10.1. The van der Waals surface area contributed by atoms with Crippen LogP contribution in [0, 0.1) is 0 Å². The van der Waals surface area contributed by atoms with Crippen molar-refractivity contribution >= 4 is 23.4 Å². The summed E-state index contributed by atoms with van der Waals surface area (Å²) in [5.41, 5.74) is 8.06. The van der Waals surface area contributed by atoms with Crippen molar-refractivity contribution in [1.29, 1.82) is 0 Å². The van der Waals surface area contributed by atoms with E-state index in [1.165, 1.54) is 12.6 Å². The predicted molar refractivity (Wildman–Crippen MR) is 107 cm³/mol. The molecule has 1 aliphatic rings. The molecular formula is C21H24N4O3. The Hall–Kier alpha value is -3.03. The Balaban J connectivity index is 1.60. The van der Waals surface area contributed by atoms with E-state index in [-0.39, 0.29) is 24.3 Å². The van der Waals surface area contributed by atoms with Gasteiger partial charge in [-0.2, -0.15) is 0 Å². The number of nitrogens with one attached hydrogen (secondary N) is 1. The lowest BCUT2D eigenvalue weighted by Crippen LogP contribution is -2.38. The van der Waals surface area contributed by atoms with E-state index in [0.717, 1.165) is 17.9 Å². The molecule has 3 amide bonds. The molecule has 0 fully saturated rings. The number of nitrogens with two attached hydrogens (primary N) is 1. The van der Waals surface area contributed by atoms with Crippen molar-refractivity contribution < 1.29 is 14.4 Å². The van der Waals surface area contributed by atoms with Crippen LogP contribution in [0.2, 0.25) is 0 Å². The van der Waals surface area contributed by atoms with Crippen LogP contribution in [0.15, 0.2) is 48.5 Å². The Labute approximate surface area is 164 Å². The van der Waals surface area contributed by atoms with Crippen LogP contribution in [-0.2, 0) is 11.2 Å². The number of imide groups is 1. The van der Waals surface area contributed by atoms with Gasteiger partial charge in [-0.05, 0) is 30.2 Å². The Kier molecular flexibility index (Phi) is 6.18. The van der Waals surface area contributed by atoms with Gasteiger partial charge in [0.05, 0.1) is 17.7 Å². The molecule has 0 radical (unpaired) electrons. The van der Waals surface area contributed by atoms with Gasteiger partial charge in [-0.25, -0.2) is 0 Å². The van der Waals surface area contributed by atoms with Gasteiger partial charge in [0, 0.05) is 32.4 Å². The summed E-state index contributed by atoms with van der Waals surface area (Å²) < 4.78 is 0. The van der Waals surface area contributed by atoms with Gasteiger partial charge in [0.15, 0.2) is 0 Å². The molecule has 7 nitrogen and oxygen atoms in total. The molecule has 146 valence electrons. The third-order valence-corrected chi connectivity index (χ3v) is 4.75. The normalized spacial score (nSPS) is 13.2. The van der Waals surface area contributed by atoms with Gasteiger partial charge in [0.25, 0.3) is 11.8 Å². The Morgan fingerprint density at radius 2 is 1.75 bits per heavy atom. The zero-order chi connectivity index (χ0) is 20.1. The first kappa shape index (κ1) is 19.7. The van der Waals surface area contributed by atoms with Gasteiger partial charge in [0.2, 0.25) is 5.91 Å². The minimum atomic E-state index is -0.358. The highest BCUT2D eigenvalue weighted by Gasteiger charge is 2.32. The van der Waals surface area contributed by atoms with Gasteiger partial charge in [-0.1, -0.05) is 30.3 Å². The molecule has 0 saturated carbocycles. The van der Waals surface area contributed by atoms with Crippen molar-refractivity contribution in [1.82, 2.24) is 9.80 Å². The number of benzene rings is 2. The first-order chi connectivity index (χ1) is 13.5. The van der Waals surface area contributed by atoms with Crippen LogP contribution in [0.4, 0.5) is 5.69 Å². The summed E-state index contributed by atoms with van der Waals surface area (Å²) in [6, 6.07) is 14.8. The second kappa shape index (κ2) is 8.77. The van der Waals surface area contributed by atoms with Gasteiger partial charge in [-0.3, -0.25) is 24.2 Å². The fourth-order valence-corrected chi connectivity index (χ4v) is 3.23. The zero-order valence-corrected chi connectivity index (χ0v) is 15.9. The van der Waals surface area contributed by atoms with Crippen molar-refractivity contribution in [2.45, 2.75) is 6.42 Å². The van der Waals surface area contributed by atoms with Crippen molar-refractivity contribution in [2.24, 2.45) is 5.73 Å². The lowest BCUT2D eigenvalue weighted by molar-refractivity contribution is -0.117. The van der Waals surface area contributed by atoms with E-state index in [1.54, 1.807) is 18.2 Å². The third-order valence-electron chi connectivity index (χ3n) is 4.75. The van der Waals surface area contributed by atoms with Crippen molar-refractivity contribution in [3.63, 3.8) is 0 Å². The van der Waals surface area contributed by atoms with E-state index in [1.807, 2.05) is 23.1 Å². The molecule has 2 aromatic carbocycles. The van der Waals surface area contributed by atoms with E-state index in [9.17, 15) is 14.4 Å². The van der Waals surface area contributed by atoms with Crippen LogP contribution >= 0.6 is 0 Å². The maximum Gasteiger partial charge on any atom is 0.261 e. The second-order valence-electron chi connectivity index (χ2n) is 6.78. The highest BCUT2D eigenvalue weighted by atomic mass is 16.2. The fourth-order valence-electron chi connectivity index (χ4n) is 3.23. The second-order valence-corrected chi connectivity index (χ2v) is 6.78. The maximum atomic E-state index is 12.5. The number of hydrogen-bond donors (Lipinski definition) is 2. The number of nitrogens with zero attached hydrogens (tertiary/aromatic N) is 2.